The lowest BCUT2D eigenvalue weighted by atomic mass is 10.2. The summed E-state index contributed by atoms with van der Waals surface area (Å²) in [6.07, 6.45) is 0. The van der Waals surface area contributed by atoms with Gasteiger partial charge in [0.05, 0.1) is 4.90 Å². The molecule has 146 valence electrons. The summed E-state index contributed by atoms with van der Waals surface area (Å²) in [5.41, 5.74) is 1.35. The predicted octanol–water partition coefficient (Wildman–Crippen LogP) is 3.69. The van der Waals surface area contributed by atoms with Gasteiger partial charge in [0.15, 0.2) is 6.61 Å². The van der Waals surface area contributed by atoms with Gasteiger partial charge in [-0.1, -0.05) is 11.6 Å². The number of ether oxygens (including phenoxy) is 1. The zero-order valence-electron chi connectivity index (χ0n) is 15.7. The predicted molar refractivity (Wildman–Crippen MR) is 107 cm³/mol. The number of anilines is 1. The Bertz CT molecular complexity index is 912. The van der Waals surface area contributed by atoms with Crippen LogP contribution in [-0.4, -0.2) is 38.3 Å². The molecule has 0 radical (unpaired) electrons. The highest BCUT2D eigenvalue weighted by molar-refractivity contribution is 7.89. The van der Waals surface area contributed by atoms with Crippen molar-refractivity contribution < 1.29 is 17.9 Å². The van der Waals surface area contributed by atoms with Crippen LogP contribution in [0, 0.1) is 6.92 Å². The van der Waals surface area contributed by atoms with Crippen LogP contribution < -0.4 is 10.1 Å². The van der Waals surface area contributed by atoms with E-state index in [1.165, 1.54) is 23.5 Å². The minimum atomic E-state index is -3.55. The zero-order valence-corrected chi connectivity index (χ0v) is 17.3. The number of hydrogen-bond acceptors (Lipinski definition) is 4. The number of benzene rings is 2. The molecule has 0 aromatic heterocycles. The monoisotopic (exact) mass is 410 g/mol. The van der Waals surface area contributed by atoms with Crippen LogP contribution in [0.5, 0.6) is 5.75 Å². The molecule has 8 heteroatoms. The maximum atomic E-state index is 12.4. The number of nitrogens with one attached hydrogen (secondary N) is 1. The third kappa shape index (κ3) is 5.45. The van der Waals surface area contributed by atoms with Gasteiger partial charge in [-0.05, 0) is 68.8 Å². The van der Waals surface area contributed by atoms with Crippen molar-refractivity contribution in [2.45, 2.75) is 31.7 Å². The third-order valence-corrected chi connectivity index (χ3v) is 6.51. The van der Waals surface area contributed by atoms with Crippen LogP contribution in [0.1, 0.15) is 19.4 Å². The van der Waals surface area contributed by atoms with Gasteiger partial charge in [0.25, 0.3) is 5.91 Å². The Balaban J connectivity index is 1.97. The minimum absolute atomic E-state index is 0.150. The third-order valence-electron chi connectivity index (χ3n) is 4.04. The second-order valence-electron chi connectivity index (χ2n) is 6.39. The van der Waals surface area contributed by atoms with Crippen LogP contribution >= 0.6 is 11.6 Å². The first-order chi connectivity index (χ1) is 12.6. The first kappa shape index (κ1) is 21.2. The van der Waals surface area contributed by atoms with E-state index in [9.17, 15) is 13.2 Å². The van der Waals surface area contributed by atoms with Crippen LogP contribution in [0.2, 0.25) is 5.02 Å². The Morgan fingerprint density at radius 3 is 2.37 bits per heavy atom. The van der Waals surface area contributed by atoms with Crippen molar-refractivity contribution in [3.8, 4) is 5.75 Å². The smallest absolute Gasteiger partial charge is 0.262 e. The maximum Gasteiger partial charge on any atom is 0.262 e. The van der Waals surface area contributed by atoms with E-state index in [2.05, 4.69) is 5.32 Å². The van der Waals surface area contributed by atoms with Crippen molar-refractivity contribution in [3.05, 3.63) is 53.1 Å². The summed E-state index contributed by atoms with van der Waals surface area (Å²) in [6.45, 7) is 5.28. The van der Waals surface area contributed by atoms with E-state index in [1.54, 1.807) is 44.2 Å². The molecule has 0 fully saturated rings. The molecule has 0 aliphatic rings. The molecule has 0 saturated carbocycles. The van der Waals surface area contributed by atoms with E-state index < -0.39 is 10.0 Å². The molecule has 0 aliphatic carbocycles. The van der Waals surface area contributed by atoms with Crippen LogP contribution in [0.25, 0.3) is 0 Å². The SMILES string of the molecule is Cc1cc(OCC(=O)Nc2ccc(S(=O)(=O)N(C)C(C)C)cc2)ccc1Cl. The van der Waals surface area contributed by atoms with E-state index in [0.29, 0.717) is 16.5 Å². The number of amides is 1. The second kappa shape index (κ2) is 8.73. The standard InChI is InChI=1S/C19H23ClN2O4S/c1-13(2)22(4)27(24,25)17-8-5-15(6-9-17)21-19(23)12-26-16-7-10-18(20)14(3)11-16/h5-11,13H,12H2,1-4H3,(H,21,23). The fourth-order valence-electron chi connectivity index (χ4n) is 2.21. The molecule has 0 atom stereocenters. The molecule has 1 N–H and O–H groups in total. The van der Waals surface area contributed by atoms with Crippen LogP contribution in [0.15, 0.2) is 47.4 Å². The van der Waals surface area contributed by atoms with Gasteiger partial charge in [-0.25, -0.2) is 8.42 Å². The van der Waals surface area contributed by atoms with Crippen molar-refractivity contribution >= 4 is 33.2 Å². The van der Waals surface area contributed by atoms with Gasteiger partial charge in [0, 0.05) is 23.8 Å². The van der Waals surface area contributed by atoms with Crippen molar-refractivity contribution in [1.82, 2.24) is 4.31 Å². The number of rotatable bonds is 7. The second-order valence-corrected chi connectivity index (χ2v) is 8.79. The molecule has 0 spiro atoms. The Morgan fingerprint density at radius 1 is 1.19 bits per heavy atom. The van der Waals surface area contributed by atoms with Crippen molar-refractivity contribution in [2.75, 3.05) is 19.0 Å². The first-order valence-corrected chi connectivity index (χ1v) is 10.2. The van der Waals surface area contributed by atoms with Crippen LogP contribution in [-0.2, 0) is 14.8 Å². The number of carbonyl (C=O) groups is 1. The van der Waals surface area contributed by atoms with Gasteiger partial charge in [0.2, 0.25) is 10.0 Å². The Hall–Kier alpha value is -2.09. The number of sulfonamides is 1. The molecule has 0 heterocycles. The number of nitrogens with zero attached hydrogens (tertiary/aromatic N) is 1. The van der Waals surface area contributed by atoms with Crippen molar-refractivity contribution in [1.29, 1.82) is 0 Å². The largest absolute Gasteiger partial charge is 0.484 e. The van der Waals surface area contributed by atoms with Crippen molar-refractivity contribution in [3.63, 3.8) is 0 Å². The lowest BCUT2D eigenvalue weighted by molar-refractivity contribution is -0.118. The summed E-state index contributed by atoms with van der Waals surface area (Å²) >= 11 is 5.95. The summed E-state index contributed by atoms with van der Waals surface area (Å²) in [7, 11) is -2.02. The van der Waals surface area contributed by atoms with Gasteiger partial charge in [0.1, 0.15) is 5.75 Å². The average molecular weight is 411 g/mol. The number of carbonyl (C=O) groups excluding carboxylic acids is 1. The zero-order chi connectivity index (χ0) is 20.2. The highest BCUT2D eigenvalue weighted by Gasteiger charge is 2.22. The summed E-state index contributed by atoms with van der Waals surface area (Å²) in [6, 6.07) is 11.0. The lowest BCUT2D eigenvalue weighted by Crippen LogP contribution is -2.33. The summed E-state index contributed by atoms with van der Waals surface area (Å²) in [5, 5.41) is 3.30. The summed E-state index contributed by atoms with van der Waals surface area (Å²) < 4.78 is 31.6. The average Bonchev–Trinajstić information content (AvgIpc) is 2.62. The van der Waals surface area contributed by atoms with Crippen LogP contribution in [0.4, 0.5) is 5.69 Å². The molecule has 0 unspecified atom stereocenters. The molecule has 2 rings (SSSR count). The molecule has 0 saturated heterocycles. The fraction of sp³-hybridized carbons (Fsp3) is 0.316. The Kier molecular flexibility index (Phi) is 6.86. The van der Waals surface area contributed by atoms with Gasteiger partial charge in [-0.2, -0.15) is 4.31 Å². The van der Waals surface area contributed by atoms with Gasteiger partial charge < -0.3 is 10.1 Å². The van der Waals surface area contributed by atoms with Crippen LogP contribution in [0.3, 0.4) is 0 Å². The number of aryl methyl sites for hydroxylation is 1. The molecular formula is C19H23ClN2O4S. The topological polar surface area (TPSA) is 75.7 Å². The minimum Gasteiger partial charge on any atom is -0.484 e. The molecule has 27 heavy (non-hydrogen) atoms. The van der Waals surface area contributed by atoms with Gasteiger partial charge >= 0.3 is 0 Å². The quantitative estimate of drug-likeness (QED) is 0.755. The van der Waals surface area contributed by atoms with Gasteiger partial charge in [-0.3, -0.25) is 4.79 Å². The van der Waals surface area contributed by atoms with E-state index in [-0.39, 0.29) is 23.5 Å². The first-order valence-electron chi connectivity index (χ1n) is 8.38. The highest BCUT2D eigenvalue weighted by Crippen LogP contribution is 2.21. The molecule has 0 aliphatic heterocycles. The lowest BCUT2D eigenvalue weighted by Gasteiger charge is -2.21. The summed E-state index contributed by atoms with van der Waals surface area (Å²) in [4.78, 5) is 12.2. The van der Waals surface area contributed by atoms with Crippen molar-refractivity contribution in [2.24, 2.45) is 0 Å². The molecule has 2 aromatic carbocycles. The molecule has 6 nitrogen and oxygen atoms in total. The Morgan fingerprint density at radius 2 is 1.81 bits per heavy atom. The fourth-order valence-corrected chi connectivity index (χ4v) is 3.69. The maximum absolute atomic E-state index is 12.4. The normalized spacial score (nSPS) is 11.7. The van der Waals surface area contributed by atoms with E-state index in [1.807, 2.05) is 6.92 Å². The molecule has 1 amide bonds. The van der Waals surface area contributed by atoms with Gasteiger partial charge in [-0.15, -0.1) is 0 Å². The molecule has 0 bridgehead atoms. The number of halogens is 1. The molecule has 2 aromatic rings. The molecular weight excluding hydrogens is 388 g/mol. The van der Waals surface area contributed by atoms with E-state index in [0.717, 1.165) is 5.56 Å². The highest BCUT2D eigenvalue weighted by atomic mass is 35.5. The Labute approximate surface area is 165 Å². The van der Waals surface area contributed by atoms with E-state index >= 15 is 0 Å². The van der Waals surface area contributed by atoms with E-state index in [4.69, 9.17) is 16.3 Å². The summed E-state index contributed by atoms with van der Waals surface area (Å²) in [5.74, 6) is 0.197. The number of hydrogen-bond donors (Lipinski definition) is 1.